The summed E-state index contributed by atoms with van der Waals surface area (Å²) in [5.41, 5.74) is 2.81. The number of rotatable bonds is 4. The smallest absolute Gasteiger partial charge is 0.267 e. The van der Waals surface area contributed by atoms with Crippen LogP contribution in [0.3, 0.4) is 0 Å². The van der Waals surface area contributed by atoms with Crippen LogP contribution in [0.5, 0.6) is 0 Å². The Kier molecular flexibility index (Phi) is 5.25. The van der Waals surface area contributed by atoms with E-state index in [0.29, 0.717) is 5.56 Å². The zero-order chi connectivity index (χ0) is 12.9. The van der Waals surface area contributed by atoms with Crippen molar-refractivity contribution in [3.05, 3.63) is 35.9 Å². The molecule has 0 aliphatic heterocycles. The zero-order valence-electron chi connectivity index (χ0n) is 9.03. The second-order valence-corrected chi connectivity index (χ2v) is 5.45. The number of benzene rings is 1. The van der Waals surface area contributed by atoms with Crippen molar-refractivity contribution in [3.8, 4) is 0 Å². The molecule has 1 atom stereocenters. The second kappa shape index (κ2) is 6.24. The largest absolute Gasteiger partial charge is 0.271 e. The van der Waals surface area contributed by atoms with E-state index in [1.54, 1.807) is 31.2 Å². The highest BCUT2D eigenvalue weighted by Gasteiger charge is 2.28. The van der Waals surface area contributed by atoms with E-state index >= 15 is 0 Å². The van der Waals surface area contributed by atoms with Gasteiger partial charge < -0.3 is 0 Å². The first-order chi connectivity index (χ1) is 7.93. The number of hydrogen-bond acceptors (Lipinski definition) is 2. The van der Waals surface area contributed by atoms with E-state index in [9.17, 15) is 4.79 Å². The van der Waals surface area contributed by atoms with Gasteiger partial charge in [-0.3, -0.25) is 4.79 Å². The molecule has 0 aliphatic rings. The quantitative estimate of drug-likeness (QED) is 0.517. The van der Waals surface area contributed by atoms with Crippen LogP contribution < -0.4 is 5.43 Å². The molecule has 0 saturated carbocycles. The van der Waals surface area contributed by atoms with Crippen LogP contribution in [0.1, 0.15) is 17.3 Å². The Bertz CT molecular complexity index is 404. The van der Waals surface area contributed by atoms with Gasteiger partial charge in [-0.1, -0.05) is 41.4 Å². The molecule has 0 aliphatic carbocycles. The molecule has 1 aromatic carbocycles. The predicted molar refractivity (Wildman–Crippen MR) is 72.2 cm³/mol. The topological polar surface area (TPSA) is 41.5 Å². The molecule has 1 aromatic rings. The number of nitrogens with zero attached hydrogens (tertiary/aromatic N) is 1. The van der Waals surface area contributed by atoms with Gasteiger partial charge in [-0.2, -0.15) is 5.10 Å². The van der Waals surface area contributed by atoms with Crippen LogP contribution in [0.15, 0.2) is 35.4 Å². The van der Waals surface area contributed by atoms with E-state index in [0.717, 1.165) is 0 Å². The minimum Gasteiger partial charge on any atom is -0.267 e. The molecule has 92 valence electrons. The third-order valence-electron chi connectivity index (χ3n) is 1.97. The van der Waals surface area contributed by atoms with Crippen molar-refractivity contribution in [2.45, 2.75) is 16.6 Å². The fraction of sp³-hybridized carbons (Fsp3) is 0.273. The third kappa shape index (κ3) is 4.54. The average molecular weight is 294 g/mol. The molecule has 6 heteroatoms. The maximum atomic E-state index is 11.6. The van der Waals surface area contributed by atoms with Crippen LogP contribution in [0.25, 0.3) is 0 Å². The number of nitrogens with one attached hydrogen (secondary N) is 1. The molecule has 1 N–H and O–H groups in total. The minimum absolute atomic E-state index is 0.340. The lowest BCUT2D eigenvalue weighted by atomic mass is 10.2. The minimum atomic E-state index is -1.31. The monoisotopic (exact) mass is 292 g/mol. The molecule has 0 spiro atoms. The van der Waals surface area contributed by atoms with Crippen molar-refractivity contribution in [2.24, 2.45) is 5.10 Å². The summed E-state index contributed by atoms with van der Waals surface area (Å²) in [6, 6.07) is 8.67. The Morgan fingerprint density at radius 3 is 2.53 bits per heavy atom. The van der Waals surface area contributed by atoms with Crippen molar-refractivity contribution < 1.29 is 4.79 Å². The highest BCUT2D eigenvalue weighted by molar-refractivity contribution is 6.59. The van der Waals surface area contributed by atoms with Gasteiger partial charge in [0.2, 0.25) is 0 Å². The maximum absolute atomic E-state index is 11.6. The molecule has 0 fully saturated rings. The maximum Gasteiger partial charge on any atom is 0.271 e. The van der Waals surface area contributed by atoms with Gasteiger partial charge in [-0.05, 0) is 19.1 Å². The van der Waals surface area contributed by atoms with Crippen molar-refractivity contribution >= 4 is 46.9 Å². The van der Waals surface area contributed by atoms with Gasteiger partial charge in [0.15, 0.2) is 4.33 Å². The van der Waals surface area contributed by atoms with E-state index in [1.165, 1.54) is 6.21 Å². The van der Waals surface area contributed by atoms with Crippen LogP contribution in [0, 0.1) is 0 Å². The highest BCUT2D eigenvalue weighted by Crippen LogP contribution is 2.26. The Hall–Kier alpha value is -0.770. The lowest BCUT2D eigenvalue weighted by Gasteiger charge is -2.15. The fourth-order valence-electron chi connectivity index (χ4n) is 0.934. The number of amides is 1. The van der Waals surface area contributed by atoms with Crippen molar-refractivity contribution in [3.63, 3.8) is 0 Å². The summed E-state index contributed by atoms with van der Waals surface area (Å²) in [6.07, 6.45) is 1.19. The molecule has 1 unspecified atom stereocenters. The first-order valence-corrected chi connectivity index (χ1v) is 6.04. The molecule has 0 bridgehead atoms. The highest BCUT2D eigenvalue weighted by atomic mass is 35.5. The molecule has 0 saturated heterocycles. The molecule has 0 heterocycles. The average Bonchev–Trinajstić information content (AvgIpc) is 2.29. The number of hydrazone groups is 1. The van der Waals surface area contributed by atoms with Gasteiger partial charge in [0.25, 0.3) is 5.91 Å². The second-order valence-electron chi connectivity index (χ2n) is 3.36. The Labute approximate surface area is 115 Å². The normalized spacial score (nSPS) is 13.6. The molecule has 0 aromatic heterocycles. The first kappa shape index (κ1) is 14.3. The van der Waals surface area contributed by atoms with Crippen molar-refractivity contribution in [2.75, 3.05) is 0 Å². The molecule has 1 rings (SSSR count). The lowest BCUT2D eigenvalue weighted by molar-refractivity contribution is 0.0955. The standard InChI is InChI=1S/C11H11Cl3N2O/c1-8(12)11(13,14)7-15-16-10(17)9-5-3-2-4-6-9/h2-8H,1H3,(H,16,17). The van der Waals surface area contributed by atoms with Gasteiger partial charge in [0.1, 0.15) is 0 Å². The summed E-state index contributed by atoms with van der Waals surface area (Å²) in [5, 5.41) is 3.14. The summed E-state index contributed by atoms with van der Waals surface area (Å²) in [7, 11) is 0. The summed E-state index contributed by atoms with van der Waals surface area (Å²) in [6.45, 7) is 1.63. The van der Waals surface area contributed by atoms with Gasteiger partial charge in [-0.25, -0.2) is 5.43 Å². The van der Waals surface area contributed by atoms with Gasteiger partial charge in [0, 0.05) is 5.56 Å². The Morgan fingerprint density at radius 2 is 2.00 bits per heavy atom. The van der Waals surface area contributed by atoms with Crippen LogP contribution in [0.4, 0.5) is 0 Å². The van der Waals surface area contributed by atoms with E-state index in [-0.39, 0.29) is 5.91 Å². The van der Waals surface area contributed by atoms with E-state index in [2.05, 4.69) is 10.5 Å². The van der Waals surface area contributed by atoms with E-state index in [4.69, 9.17) is 34.8 Å². The molecular weight excluding hydrogens is 282 g/mol. The summed E-state index contributed by atoms with van der Waals surface area (Å²) in [4.78, 5) is 11.6. The summed E-state index contributed by atoms with van der Waals surface area (Å²) in [5.74, 6) is -0.340. The van der Waals surface area contributed by atoms with E-state index in [1.807, 2.05) is 6.07 Å². The lowest BCUT2D eigenvalue weighted by Crippen LogP contribution is -2.28. The Morgan fingerprint density at radius 1 is 1.41 bits per heavy atom. The number of carbonyl (C=O) groups excluding carboxylic acids is 1. The van der Waals surface area contributed by atoms with Crippen LogP contribution in [-0.2, 0) is 0 Å². The SMILES string of the molecule is CC(Cl)C(Cl)(Cl)C=NNC(=O)c1ccccc1. The predicted octanol–water partition coefficient (Wildman–Crippen LogP) is 3.20. The number of halogens is 3. The fourth-order valence-corrected chi connectivity index (χ4v) is 1.09. The molecule has 17 heavy (non-hydrogen) atoms. The van der Waals surface area contributed by atoms with Crippen LogP contribution >= 0.6 is 34.8 Å². The number of hydrogen-bond donors (Lipinski definition) is 1. The Balaban J connectivity index is 2.58. The molecule has 3 nitrogen and oxygen atoms in total. The van der Waals surface area contributed by atoms with Gasteiger partial charge >= 0.3 is 0 Å². The molecule has 0 radical (unpaired) electrons. The summed E-state index contributed by atoms with van der Waals surface area (Å²) >= 11 is 17.4. The first-order valence-electron chi connectivity index (χ1n) is 4.85. The van der Waals surface area contributed by atoms with Gasteiger partial charge in [-0.15, -0.1) is 11.6 Å². The number of alkyl halides is 3. The van der Waals surface area contributed by atoms with E-state index < -0.39 is 9.71 Å². The molecule has 1 amide bonds. The summed E-state index contributed by atoms with van der Waals surface area (Å²) < 4.78 is -1.31. The van der Waals surface area contributed by atoms with Crippen molar-refractivity contribution in [1.82, 2.24) is 5.43 Å². The number of carbonyl (C=O) groups is 1. The third-order valence-corrected chi connectivity index (χ3v) is 3.39. The van der Waals surface area contributed by atoms with Gasteiger partial charge in [0.05, 0.1) is 11.6 Å². The van der Waals surface area contributed by atoms with Crippen LogP contribution in [0.2, 0.25) is 0 Å². The molecular formula is C11H11Cl3N2O. The van der Waals surface area contributed by atoms with Crippen molar-refractivity contribution in [1.29, 1.82) is 0 Å². The van der Waals surface area contributed by atoms with Crippen LogP contribution in [-0.4, -0.2) is 21.8 Å². The zero-order valence-corrected chi connectivity index (χ0v) is 11.3.